The van der Waals surface area contributed by atoms with Gasteiger partial charge in [0.1, 0.15) is 11.8 Å². The van der Waals surface area contributed by atoms with Crippen molar-refractivity contribution in [2.75, 3.05) is 19.8 Å². The summed E-state index contributed by atoms with van der Waals surface area (Å²) in [4.78, 5) is 11.8. The second kappa shape index (κ2) is 9.40. The van der Waals surface area contributed by atoms with Gasteiger partial charge < -0.3 is 14.8 Å². The molecule has 1 unspecified atom stereocenters. The van der Waals surface area contributed by atoms with Crippen molar-refractivity contribution in [3.8, 4) is 5.75 Å². The van der Waals surface area contributed by atoms with Gasteiger partial charge in [-0.05, 0) is 31.0 Å². The van der Waals surface area contributed by atoms with E-state index in [2.05, 4.69) is 25.2 Å². The molecule has 0 saturated carbocycles. The van der Waals surface area contributed by atoms with E-state index in [1.54, 1.807) is 0 Å². The molecule has 1 aromatic carbocycles. The van der Waals surface area contributed by atoms with E-state index in [0.29, 0.717) is 25.6 Å². The van der Waals surface area contributed by atoms with Gasteiger partial charge in [0.05, 0.1) is 13.2 Å². The number of nitrogens with one attached hydrogen (secondary N) is 1. The Morgan fingerprint density at radius 1 is 1.24 bits per heavy atom. The lowest BCUT2D eigenvalue weighted by Crippen LogP contribution is -2.39. The summed E-state index contributed by atoms with van der Waals surface area (Å²) in [7, 11) is 0. The summed E-state index contributed by atoms with van der Waals surface area (Å²) in [5, 5.41) is 3.14. The molecule has 1 rings (SSSR count). The molecule has 4 nitrogen and oxygen atoms in total. The summed E-state index contributed by atoms with van der Waals surface area (Å²) in [6.45, 7) is 9.69. The van der Waals surface area contributed by atoms with Gasteiger partial charge in [0.2, 0.25) is 0 Å². The first kappa shape index (κ1) is 17.5. The maximum atomic E-state index is 11.8. The molecular weight excluding hydrogens is 266 g/mol. The Morgan fingerprint density at radius 2 is 1.95 bits per heavy atom. The topological polar surface area (TPSA) is 47.6 Å². The molecule has 0 aliphatic rings. The Bertz CT molecular complexity index is 432. The molecule has 0 aromatic heterocycles. The number of hydrogen-bond acceptors (Lipinski definition) is 4. The molecule has 1 aromatic rings. The van der Waals surface area contributed by atoms with Crippen molar-refractivity contribution in [3.05, 3.63) is 29.8 Å². The van der Waals surface area contributed by atoms with Gasteiger partial charge in [0.25, 0.3) is 0 Å². The summed E-state index contributed by atoms with van der Waals surface area (Å²) in [5.41, 5.74) is 1.19. The standard InChI is InChI=1S/C17H27NO3/c1-5-18-15(17(19)20-6-2)11-12-21-16-10-8-7-9-14(16)13(3)4/h7-10,13,15,18H,5-6,11-12H2,1-4H3. The highest BCUT2D eigenvalue weighted by Gasteiger charge is 2.18. The molecule has 0 heterocycles. The number of esters is 1. The van der Waals surface area contributed by atoms with E-state index in [-0.39, 0.29) is 12.0 Å². The van der Waals surface area contributed by atoms with Crippen molar-refractivity contribution in [1.82, 2.24) is 5.32 Å². The van der Waals surface area contributed by atoms with Crippen molar-refractivity contribution in [3.63, 3.8) is 0 Å². The molecule has 0 fully saturated rings. The third-order valence-corrected chi connectivity index (χ3v) is 3.23. The third-order valence-electron chi connectivity index (χ3n) is 3.23. The monoisotopic (exact) mass is 293 g/mol. The molecule has 118 valence electrons. The van der Waals surface area contributed by atoms with E-state index in [4.69, 9.17) is 9.47 Å². The molecule has 0 radical (unpaired) electrons. The fourth-order valence-electron chi connectivity index (χ4n) is 2.17. The first-order valence-corrected chi connectivity index (χ1v) is 7.71. The lowest BCUT2D eigenvalue weighted by Gasteiger charge is -2.18. The molecule has 21 heavy (non-hydrogen) atoms. The van der Waals surface area contributed by atoms with Gasteiger partial charge in [-0.25, -0.2) is 0 Å². The van der Waals surface area contributed by atoms with Crippen molar-refractivity contribution >= 4 is 5.97 Å². The van der Waals surface area contributed by atoms with Gasteiger partial charge in [-0.3, -0.25) is 4.79 Å². The average Bonchev–Trinajstić information content (AvgIpc) is 2.47. The van der Waals surface area contributed by atoms with E-state index in [9.17, 15) is 4.79 Å². The van der Waals surface area contributed by atoms with E-state index >= 15 is 0 Å². The Balaban J connectivity index is 2.56. The van der Waals surface area contributed by atoms with Gasteiger partial charge in [-0.15, -0.1) is 0 Å². The molecule has 1 atom stereocenters. The summed E-state index contributed by atoms with van der Waals surface area (Å²) in [5.74, 6) is 1.10. The number of likely N-dealkylation sites (N-methyl/N-ethyl adjacent to an activating group) is 1. The van der Waals surface area contributed by atoms with Crippen LogP contribution in [0.5, 0.6) is 5.75 Å². The fourth-order valence-corrected chi connectivity index (χ4v) is 2.17. The Kier molecular flexibility index (Phi) is 7.83. The smallest absolute Gasteiger partial charge is 0.323 e. The Labute approximate surface area is 127 Å². The van der Waals surface area contributed by atoms with Gasteiger partial charge in [-0.1, -0.05) is 39.0 Å². The van der Waals surface area contributed by atoms with E-state index in [1.807, 2.05) is 32.0 Å². The van der Waals surface area contributed by atoms with Crippen LogP contribution in [0.1, 0.15) is 45.6 Å². The van der Waals surface area contributed by atoms with Crippen LogP contribution in [0, 0.1) is 0 Å². The molecule has 0 saturated heterocycles. The van der Waals surface area contributed by atoms with Crippen LogP contribution in [-0.4, -0.2) is 31.8 Å². The molecule has 0 amide bonds. The number of carbonyl (C=O) groups excluding carboxylic acids is 1. The van der Waals surface area contributed by atoms with Crippen LogP contribution < -0.4 is 10.1 Å². The Morgan fingerprint density at radius 3 is 2.57 bits per heavy atom. The largest absolute Gasteiger partial charge is 0.493 e. The van der Waals surface area contributed by atoms with Gasteiger partial charge >= 0.3 is 5.97 Å². The summed E-state index contributed by atoms with van der Waals surface area (Å²) >= 11 is 0. The van der Waals surface area contributed by atoms with Gasteiger partial charge in [0.15, 0.2) is 0 Å². The van der Waals surface area contributed by atoms with Crippen LogP contribution >= 0.6 is 0 Å². The van der Waals surface area contributed by atoms with Crippen molar-refractivity contribution < 1.29 is 14.3 Å². The summed E-state index contributed by atoms with van der Waals surface area (Å²) in [6.07, 6.45) is 0.596. The van der Waals surface area contributed by atoms with Crippen LogP contribution in [0.3, 0.4) is 0 Å². The molecule has 0 aliphatic heterocycles. The normalized spacial score (nSPS) is 12.2. The van der Waals surface area contributed by atoms with Crippen molar-refractivity contribution in [2.24, 2.45) is 0 Å². The number of carbonyl (C=O) groups is 1. The second-order valence-corrected chi connectivity index (χ2v) is 5.19. The summed E-state index contributed by atoms with van der Waals surface area (Å²) < 4.78 is 10.9. The lowest BCUT2D eigenvalue weighted by atomic mass is 10.0. The number of ether oxygens (including phenoxy) is 2. The summed E-state index contributed by atoms with van der Waals surface area (Å²) in [6, 6.07) is 7.73. The zero-order valence-corrected chi connectivity index (χ0v) is 13.5. The van der Waals surface area contributed by atoms with E-state index < -0.39 is 0 Å². The zero-order valence-electron chi connectivity index (χ0n) is 13.5. The van der Waals surface area contributed by atoms with E-state index in [0.717, 1.165) is 12.3 Å². The fraction of sp³-hybridized carbons (Fsp3) is 0.588. The number of rotatable bonds is 9. The van der Waals surface area contributed by atoms with Crippen LogP contribution in [0.2, 0.25) is 0 Å². The van der Waals surface area contributed by atoms with Crippen LogP contribution in [-0.2, 0) is 9.53 Å². The molecular formula is C17H27NO3. The minimum absolute atomic E-state index is 0.208. The zero-order chi connectivity index (χ0) is 15.7. The minimum Gasteiger partial charge on any atom is -0.493 e. The van der Waals surface area contributed by atoms with Crippen molar-refractivity contribution in [1.29, 1.82) is 0 Å². The minimum atomic E-state index is -0.304. The number of para-hydroxylation sites is 1. The Hall–Kier alpha value is -1.55. The predicted molar refractivity (Wildman–Crippen MR) is 84.7 cm³/mol. The highest BCUT2D eigenvalue weighted by atomic mass is 16.5. The highest BCUT2D eigenvalue weighted by molar-refractivity contribution is 5.75. The molecule has 0 spiro atoms. The highest BCUT2D eigenvalue weighted by Crippen LogP contribution is 2.25. The predicted octanol–water partition coefficient (Wildman–Crippen LogP) is 3.12. The van der Waals surface area contributed by atoms with E-state index in [1.165, 1.54) is 5.56 Å². The number of hydrogen-bond donors (Lipinski definition) is 1. The maximum absolute atomic E-state index is 11.8. The molecule has 1 N–H and O–H groups in total. The van der Waals surface area contributed by atoms with Gasteiger partial charge in [0, 0.05) is 6.42 Å². The van der Waals surface area contributed by atoms with Crippen LogP contribution in [0.4, 0.5) is 0 Å². The lowest BCUT2D eigenvalue weighted by molar-refractivity contribution is -0.146. The molecule has 0 aliphatic carbocycles. The van der Waals surface area contributed by atoms with Crippen LogP contribution in [0.25, 0.3) is 0 Å². The van der Waals surface area contributed by atoms with Crippen LogP contribution in [0.15, 0.2) is 24.3 Å². The first-order valence-electron chi connectivity index (χ1n) is 7.71. The molecule has 0 bridgehead atoms. The second-order valence-electron chi connectivity index (χ2n) is 5.19. The maximum Gasteiger partial charge on any atom is 0.323 e. The molecule has 4 heteroatoms. The number of benzene rings is 1. The van der Waals surface area contributed by atoms with Gasteiger partial charge in [-0.2, -0.15) is 0 Å². The first-order chi connectivity index (χ1) is 10.1. The third kappa shape index (κ3) is 5.76. The quantitative estimate of drug-likeness (QED) is 0.711. The average molecular weight is 293 g/mol. The SMILES string of the molecule is CCNC(CCOc1ccccc1C(C)C)C(=O)OCC. The van der Waals surface area contributed by atoms with Crippen molar-refractivity contribution in [2.45, 2.75) is 46.1 Å².